The van der Waals surface area contributed by atoms with Crippen LogP contribution in [0.25, 0.3) is 10.8 Å². The van der Waals surface area contributed by atoms with Gasteiger partial charge in [0.2, 0.25) is 0 Å². The van der Waals surface area contributed by atoms with Crippen LogP contribution in [0, 0.1) is 12.7 Å². The van der Waals surface area contributed by atoms with Crippen LogP contribution in [0.4, 0.5) is 4.39 Å². The van der Waals surface area contributed by atoms with Gasteiger partial charge in [0.1, 0.15) is 5.82 Å². The van der Waals surface area contributed by atoms with E-state index in [0.29, 0.717) is 10.6 Å². The average Bonchev–Trinajstić information content (AvgIpc) is 2.50. The molecule has 3 rings (SSSR count). The van der Waals surface area contributed by atoms with Gasteiger partial charge < -0.3 is 5.73 Å². The Morgan fingerprint density at radius 1 is 0.952 bits per heavy atom. The summed E-state index contributed by atoms with van der Waals surface area (Å²) < 4.78 is 14.1. The van der Waals surface area contributed by atoms with E-state index < -0.39 is 6.04 Å². The predicted octanol–water partition coefficient (Wildman–Crippen LogP) is 4.99. The molecule has 3 aromatic carbocycles. The first-order valence-electron chi connectivity index (χ1n) is 6.76. The topological polar surface area (TPSA) is 26.0 Å². The van der Waals surface area contributed by atoms with Crippen molar-refractivity contribution in [2.75, 3.05) is 0 Å². The third kappa shape index (κ3) is 2.53. The van der Waals surface area contributed by atoms with E-state index in [1.54, 1.807) is 12.1 Å². The van der Waals surface area contributed by atoms with E-state index in [9.17, 15) is 4.39 Å². The smallest absolute Gasteiger partial charge is 0.128 e. The number of hydrogen-bond donors (Lipinski definition) is 1. The van der Waals surface area contributed by atoms with Crippen LogP contribution in [0.15, 0.2) is 54.6 Å². The summed E-state index contributed by atoms with van der Waals surface area (Å²) in [7, 11) is 0. The van der Waals surface area contributed by atoms with E-state index in [1.165, 1.54) is 6.07 Å². The molecular formula is C18H15ClFN. The molecule has 0 saturated heterocycles. The molecule has 1 atom stereocenters. The van der Waals surface area contributed by atoms with Crippen LogP contribution >= 0.6 is 11.6 Å². The van der Waals surface area contributed by atoms with Crippen molar-refractivity contribution in [2.45, 2.75) is 13.0 Å². The zero-order valence-electron chi connectivity index (χ0n) is 11.6. The summed E-state index contributed by atoms with van der Waals surface area (Å²) in [6, 6.07) is 15.9. The summed E-state index contributed by atoms with van der Waals surface area (Å²) in [6.07, 6.45) is 0. The number of nitrogens with two attached hydrogens (primary N) is 1. The second-order valence-corrected chi connectivity index (χ2v) is 5.59. The molecule has 0 spiro atoms. The van der Waals surface area contributed by atoms with Gasteiger partial charge in [0.25, 0.3) is 0 Å². The third-order valence-corrected chi connectivity index (χ3v) is 4.06. The number of halogens is 2. The van der Waals surface area contributed by atoms with Crippen LogP contribution in [0.5, 0.6) is 0 Å². The van der Waals surface area contributed by atoms with Gasteiger partial charge in [0, 0.05) is 16.0 Å². The van der Waals surface area contributed by atoms with Gasteiger partial charge in [-0.15, -0.1) is 0 Å². The zero-order chi connectivity index (χ0) is 15.0. The molecule has 0 heterocycles. The van der Waals surface area contributed by atoms with Crippen LogP contribution < -0.4 is 5.73 Å². The first kappa shape index (κ1) is 14.1. The minimum absolute atomic E-state index is 0.285. The van der Waals surface area contributed by atoms with Crippen molar-refractivity contribution in [1.82, 2.24) is 0 Å². The van der Waals surface area contributed by atoms with Crippen LogP contribution in [0.3, 0.4) is 0 Å². The monoisotopic (exact) mass is 299 g/mol. The Kier molecular flexibility index (Phi) is 3.66. The SMILES string of the molecule is Cc1ccc(F)c(C(N)c2ccc(Cl)c3ccccc23)c1. The maximum absolute atomic E-state index is 14.1. The molecule has 0 fully saturated rings. The van der Waals surface area contributed by atoms with E-state index in [2.05, 4.69) is 0 Å². The largest absolute Gasteiger partial charge is 0.320 e. The summed E-state index contributed by atoms with van der Waals surface area (Å²) in [5.41, 5.74) is 8.68. The first-order valence-corrected chi connectivity index (χ1v) is 7.14. The standard InChI is InChI=1S/C18H15ClFN/c1-11-6-9-17(20)15(10-11)18(21)14-7-8-16(19)13-5-3-2-4-12(13)14/h2-10,18H,21H2,1H3. The second kappa shape index (κ2) is 5.47. The van der Waals surface area contributed by atoms with E-state index in [4.69, 9.17) is 17.3 Å². The second-order valence-electron chi connectivity index (χ2n) is 5.18. The zero-order valence-corrected chi connectivity index (χ0v) is 12.4. The molecule has 0 amide bonds. The van der Waals surface area contributed by atoms with Crippen LogP contribution in [-0.4, -0.2) is 0 Å². The highest BCUT2D eigenvalue weighted by molar-refractivity contribution is 6.35. The Hall–Kier alpha value is -1.90. The van der Waals surface area contributed by atoms with Gasteiger partial charge in [-0.25, -0.2) is 4.39 Å². The highest BCUT2D eigenvalue weighted by atomic mass is 35.5. The van der Waals surface area contributed by atoms with Crippen LogP contribution in [0.1, 0.15) is 22.7 Å². The molecule has 106 valence electrons. The Bertz CT molecular complexity index is 813. The minimum atomic E-state index is -0.521. The number of aryl methyl sites for hydroxylation is 1. The molecule has 0 bridgehead atoms. The molecular weight excluding hydrogens is 285 g/mol. The molecule has 0 aliphatic rings. The summed E-state index contributed by atoms with van der Waals surface area (Å²) in [4.78, 5) is 0. The third-order valence-electron chi connectivity index (χ3n) is 3.73. The van der Waals surface area contributed by atoms with Gasteiger partial charge in [-0.2, -0.15) is 0 Å². The summed E-state index contributed by atoms with van der Waals surface area (Å²) in [6.45, 7) is 1.93. The molecule has 0 saturated carbocycles. The lowest BCUT2D eigenvalue weighted by atomic mass is 9.93. The lowest BCUT2D eigenvalue weighted by molar-refractivity contribution is 0.599. The summed E-state index contributed by atoms with van der Waals surface area (Å²) in [5.74, 6) is -0.285. The van der Waals surface area contributed by atoms with E-state index in [0.717, 1.165) is 21.9 Å². The Labute approximate surface area is 128 Å². The number of hydrogen-bond acceptors (Lipinski definition) is 1. The Morgan fingerprint density at radius 2 is 1.67 bits per heavy atom. The van der Waals surface area contributed by atoms with Crippen LogP contribution in [-0.2, 0) is 0 Å². The predicted molar refractivity (Wildman–Crippen MR) is 86.1 cm³/mol. The molecule has 1 unspecified atom stereocenters. The van der Waals surface area contributed by atoms with Gasteiger partial charge in [0.15, 0.2) is 0 Å². The highest BCUT2D eigenvalue weighted by Crippen LogP contribution is 2.32. The molecule has 21 heavy (non-hydrogen) atoms. The van der Waals surface area contributed by atoms with Crippen molar-refractivity contribution in [2.24, 2.45) is 5.73 Å². The molecule has 1 nitrogen and oxygen atoms in total. The fourth-order valence-electron chi connectivity index (χ4n) is 2.63. The fraction of sp³-hybridized carbons (Fsp3) is 0.111. The Morgan fingerprint density at radius 3 is 2.43 bits per heavy atom. The minimum Gasteiger partial charge on any atom is -0.320 e. The van der Waals surface area contributed by atoms with Gasteiger partial charge in [-0.1, -0.05) is 59.6 Å². The normalized spacial score (nSPS) is 12.6. The Balaban J connectivity index is 2.20. The maximum atomic E-state index is 14.1. The van der Waals surface area contributed by atoms with Gasteiger partial charge in [0.05, 0.1) is 6.04 Å². The maximum Gasteiger partial charge on any atom is 0.128 e. The van der Waals surface area contributed by atoms with Gasteiger partial charge in [-0.05, 0) is 30.0 Å². The van der Waals surface area contributed by atoms with E-state index in [1.807, 2.05) is 43.3 Å². The molecule has 2 N–H and O–H groups in total. The highest BCUT2D eigenvalue weighted by Gasteiger charge is 2.17. The van der Waals surface area contributed by atoms with Crippen molar-refractivity contribution in [3.63, 3.8) is 0 Å². The van der Waals surface area contributed by atoms with Gasteiger partial charge in [-0.3, -0.25) is 0 Å². The van der Waals surface area contributed by atoms with E-state index in [-0.39, 0.29) is 5.82 Å². The van der Waals surface area contributed by atoms with Crippen molar-refractivity contribution < 1.29 is 4.39 Å². The molecule has 3 heteroatoms. The lowest BCUT2D eigenvalue weighted by Crippen LogP contribution is -2.14. The van der Waals surface area contributed by atoms with E-state index >= 15 is 0 Å². The number of rotatable bonds is 2. The average molecular weight is 300 g/mol. The van der Waals surface area contributed by atoms with Crippen LogP contribution in [0.2, 0.25) is 5.02 Å². The van der Waals surface area contributed by atoms with Gasteiger partial charge >= 0.3 is 0 Å². The van der Waals surface area contributed by atoms with Crippen molar-refractivity contribution in [3.05, 3.63) is 82.1 Å². The van der Waals surface area contributed by atoms with Crippen molar-refractivity contribution in [1.29, 1.82) is 0 Å². The lowest BCUT2D eigenvalue weighted by Gasteiger charge is -2.17. The first-order chi connectivity index (χ1) is 10.1. The quantitative estimate of drug-likeness (QED) is 0.709. The molecule has 0 aliphatic heterocycles. The summed E-state index contributed by atoms with van der Waals surface area (Å²) in [5, 5.41) is 2.56. The molecule has 0 aliphatic carbocycles. The molecule has 0 radical (unpaired) electrons. The van der Waals surface area contributed by atoms with Crippen molar-refractivity contribution >= 4 is 22.4 Å². The molecule has 3 aromatic rings. The summed E-state index contributed by atoms with van der Waals surface area (Å²) >= 11 is 6.22. The molecule has 0 aromatic heterocycles. The van der Waals surface area contributed by atoms with Crippen molar-refractivity contribution in [3.8, 4) is 0 Å². The number of fused-ring (bicyclic) bond motifs is 1. The fourth-order valence-corrected chi connectivity index (χ4v) is 2.85. The number of benzene rings is 3.